The Hall–Kier alpha value is -2.37. The van der Waals surface area contributed by atoms with Gasteiger partial charge in [0, 0.05) is 12.5 Å². The molecule has 0 heterocycles. The SMILES string of the molecule is COC(=O)C/C(C(=O)OC)=[N+](\[O-])[C@@H](C)c1ccccc1. The molecule has 0 spiro atoms. The highest BCUT2D eigenvalue weighted by Crippen LogP contribution is 2.16. The Balaban J connectivity index is 3.13. The lowest BCUT2D eigenvalue weighted by Gasteiger charge is -2.16. The molecule has 20 heavy (non-hydrogen) atoms. The van der Waals surface area contributed by atoms with Crippen molar-refractivity contribution in [2.24, 2.45) is 0 Å². The zero-order valence-electron chi connectivity index (χ0n) is 11.7. The van der Waals surface area contributed by atoms with E-state index in [1.807, 2.05) is 6.07 Å². The molecule has 0 N–H and O–H groups in total. The lowest BCUT2D eigenvalue weighted by molar-refractivity contribution is -0.503. The Morgan fingerprint density at radius 2 is 1.80 bits per heavy atom. The van der Waals surface area contributed by atoms with Gasteiger partial charge >= 0.3 is 11.9 Å². The molecule has 0 bridgehead atoms. The van der Waals surface area contributed by atoms with Crippen molar-refractivity contribution in [3.05, 3.63) is 41.1 Å². The summed E-state index contributed by atoms with van der Waals surface area (Å²) in [5, 5.41) is 12.3. The average molecular weight is 279 g/mol. The van der Waals surface area contributed by atoms with E-state index in [0.717, 1.165) is 12.7 Å². The van der Waals surface area contributed by atoms with Crippen molar-refractivity contribution in [3.63, 3.8) is 0 Å². The third-order valence-corrected chi connectivity index (χ3v) is 2.86. The van der Waals surface area contributed by atoms with Crippen molar-refractivity contribution in [2.75, 3.05) is 14.2 Å². The number of methoxy groups -OCH3 is 2. The van der Waals surface area contributed by atoms with Gasteiger partial charge in [-0.05, 0) is 0 Å². The molecule has 0 unspecified atom stereocenters. The van der Waals surface area contributed by atoms with Gasteiger partial charge in [0.15, 0.2) is 6.04 Å². The fourth-order valence-electron chi connectivity index (χ4n) is 1.67. The van der Waals surface area contributed by atoms with E-state index >= 15 is 0 Å². The van der Waals surface area contributed by atoms with Crippen LogP contribution in [0.2, 0.25) is 0 Å². The van der Waals surface area contributed by atoms with E-state index in [1.54, 1.807) is 31.2 Å². The first-order valence-electron chi connectivity index (χ1n) is 6.03. The summed E-state index contributed by atoms with van der Waals surface area (Å²) in [5.74, 6) is -1.51. The lowest BCUT2D eigenvalue weighted by Crippen LogP contribution is -2.30. The molecule has 0 aliphatic carbocycles. The standard InChI is InChI=1S/C14H17NO5/c1-10(11-7-5-4-6-8-11)15(18)12(14(17)20-3)9-13(16)19-2/h4-8,10H,9H2,1-3H3/b15-12+/t10-/m0/s1. The number of hydrogen-bond donors (Lipinski definition) is 0. The fraction of sp³-hybridized carbons (Fsp3) is 0.357. The van der Waals surface area contributed by atoms with Crippen molar-refractivity contribution < 1.29 is 23.8 Å². The molecule has 1 atom stereocenters. The number of carbonyl (C=O) groups is 2. The number of hydrogen-bond acceptors (Lipinski definition) is 5. The number of ether oxygens (including phenoxy) is 2. The van der Waals surface area contributed by atoms with Crippen LogP contribution >= 0.6 is 0 Å². The highest BCUT2D eigenvalue weighted by Gasteiger charge is 2.28. The van der Waals surface area contributed by atoms with Crippen LogP contribution in [-0.4, -0.2) is 36.6 Å². The Morgan fingerprint density at radius 1 is 1.20 bits per heavy atom. The first-order valence-corrected chi connectivity index (χ1v) is 6.03. The molecule has 0 radical (unpaired) electrons. The van der Waals surface area contributed by atoms with E-state index in [1.165, 1.54) is 7.11 Å². The van der Waals surface area contributed by atoms with Gasteiger partial charge in [0.2, 0.25) is 0 Å². The van der Waals surface area contributed by atoms with Crippen molar-refractivity contribution in [3.8, 4) is 0 Å². The average Bonchev–Trinajstić information content (AvgIpc) is 2.50. The molecule has 1 aromatic rings. The molecular formula is C14H17NO5. The highest BCUT2D eigenvalue weighted by molar-refractivity contribution is 6.37. The van der Waals surface area contributed by atoms with Crippen LogP contribution in [0.15, 0.2) is 30.3 Å². The summed E-state index contributed by atoms with van der Waals surface area (Å²) >= 11 is 0. The summed E-state index contributed by atoms with van der Waals surface area (Å²) in [7, 11) is 2.34. The molecule has 1 aromatic carbocycles. The number of hydroxylamine groups is 1. The van der Waals surface area contributed by atoms with Crippen molar-refractivity contribution >= 4 is 17.7 Å². The molecule has 0 saturated carbocycles. The lowest BCUT2D eigenvalue weighted by atomic mass is 10.1. The van der Waals surface area contributed by atoms with Gasteiger partial charge in [-0.15, -0.1) is 0 Å². The summed E-state index contributed by atoms with van der Waals surface area (Å²) in [6.07, 6.45) is -0.427. The molecule has 0 aliphatic heterocycles. The Labute approximate surface area is 117 Å². The van der Waals surface area contributed by atoms with Gasteiger partial charge in [-0.25, -0.2) is 4.79 Å². The van der Waals surface area contributed by atoms with Gasteiger partial charge in [-0.3, -0.25) is 4.79 Å². The molecule has 6 heteroatoms. The maximum absolute atomic E-state index is 12.3. The normalized spacial score (nSPS) is 13.2. The Kier molecular flexibility index (Phi) is 5.71. The minimum Gasteiger partial charge on any atom is -0.623 e. The second-order valence-corrected chi connectivity index (χ2v) is 4.10. The van der Waals surface area contributed by atoms with E-state index in [4.69, 9.17) is 0 Å². The van der Waals surface area contributed by atoms with E-state index < -0.39 is 24.4 Å². The summed E-state index contributed by atoms with van der Waals surface area (Å²) in [6.45, 7) is 1.64. The van der Waals surface area contributed by atoms with Crippen LogP contribution in [0.25, 0.3) is 0 Å². The van der Waals surface area contributed by atoms with Gasteiger partial charge < -0.3 is 14.7 Å². The number of carbonyl (C=O) groups excluding carboxylic acids is 2. The number of esters is 2. The maximum atomic E-state index is 12.3. The predicted octanol–water partition coefficient (Wildman–Crippen LogP) is 1.43. The molecule has 0 aromatic heterocycles. The zero-order valence-corrected chi connectivity index (χ0v) is 11.7. The fourth-order valence-corrected chi connectivity index (χ4v) is 1.67. The molecule has 108 valence electrons. The largest absolute Gasteiger partial charge is 0.623 e. The molecule has 0 fully saturated rings. The van der Waals surface area contributed by atoms with Crippen LogP contribution in [0, 0.1) is 5.21 Å². The topological polar surface area (TPSA) is 78.7 Å². The molecular weight excluding hydrogens is 262 g/mol. The van der Waals surface area contributed by atoms with Gasteiger partial charge in [-0.2, -0.15) is 4.74 Å². The van der Waals surface area contributed by atoms with Crippen LogP contribution in [0.4, 0.5) is 0 Å². The third-order valence-electron chi connectivity index (χ3n) is 2.86. The van der Waals surface area contributed by atoms with Gasteiger partial charge in [0.25, 0.3) is 5.71 Å². The van der Waals surface area contributed by atoms with Crippen LogP contribution in [0.5, 0.6) is 0 Å². The quantitative estimate of drug-likeness (QED) is 0.268. The monoisotopic (exact) mass is 279 g/mol. The Morgan fingerprint density at radius 3 is 2.30 bits per heavy atom. The zero-order chi connectivity index (χ0) is 15.1. The number of benzene rings is 1. The number of rotatable bonds is 5. The van der Waals surface area contributed by atoms with E-state index in [2.05, 4.69) is 9.47 Å². The predicted molar refractivity (Wildman–Crippen MR) is 72.1 cm³/mol. The second-order valence-electron chi connectivity index (χ2n) is 4.10. The van der Waals surface area contributed by atoms with Crippen LogP contribution in [0.1, 0.15) is 24.9 Å². The van der Waals surface area contributed by atoms with E-state index in [0.29, 0.717) is 4.74 Å². The van der Waals surface area contributed by atoms with E-state index in [-0.39, 0.29) is 5.71 Å². The highest BCUT2D eigenvalue weighted by atomic mass is 16.5. The van der Waals surface area contributed by atoms with Crippen LogP contribution in [-0.2, 0) is 19.1 Å². The summed E-state index contributed by atoms with van der Waals surface area (Å²) in [6, 6.07) is 8.32. The molecule has 0 saturated heterocycles. The van der Waals surface area contributed by atoms with Crippen molar-refractivity contribution in [1.29, 1.82) is 0 Å². The van der Waals surface area contributed by atoms with Crippen molar-refractivity contribution in [1.82, 2.24) is 0 Å². The smallest absolute Gasteiger partial charge is 0.400 e. The molecule has 0 amide bonds. The summed E-state index contributed by atoms with van der Waals surface area (Å²) < 4.78 is 9.50. The number of nitrogens with zero attached hydrogens (tertiary/aromatic N) is 1. The first kappa shape index (κ1) is 15.7. The minimum absolute atomic E-state index is 0.282. The van der Waals surface area contributed by atoms with Gasteiger partial charge in [0.05, 0.1) is 14.2 Å². The van der Waals surface area contributed by atoms with Crippen LogP contribution in [0.3, 0.4) is 0 Å². The Bertz CT molecular complexity index is 510. The summed E-state index contributed by atoms with van der Waals surface area (Å²) in [5.41, 5.74) is 0.449. The third kappa shape index (κ3) is 3.81. The summed E-state index contributed by atoms with van der Waals surface area (Å²) in [4.78, 5) is 22.9. The van der Waals surface area contributed by atoms with E-state index in [9.17, 15) is 14.8 Å². The minimum atomic E-state index is -0.840. The molecule has 6 nitrogen and oxygen atoms in total. The van der Waals surface area contributed by atoms with Crippen LogP contribution < -0.4 is 0 Å². The maximum Gasteiger partial charge on any atom is 0.400 e. The second kappa shape index (κ2) is 7.28. The van der Waals surface area contributed by atoms with Gasteiger partial charge in [-0.1, -0.05) is 30.3 Å². The molecule has 0 aliphatic rings. The first-order chi connectivity index (χ1) is 9.51. The van der Waals surface area contributed by atoms with Gasteiger partial charge in [0.1, 0.15) is 6.42 Å². The molecule has 1 rings (SSSR count). The van der Waals surface area contributed by atoms with Crippen molar-refractivity contribution in [2.45, 2.75) is 19.4 Å².